The first-order valence-corrected chi connectivity index (χ1v) is 4.81. The lowest BCUT2D eigenvalue weighted by Crippen LogP contribution is -2.17. The number of hydrogen-bond acceptors (Lipinski definition) is 2. The zero-order valence-electron chi connectivity index (χ0n) is 8.91. The van der Waals surface area contributed by atoms with Gasteiger partial charge in [0.15, 0.2) is 0 Å². The minimum Gasteiger partial charge on any atom is -0.481 e. The highest BCUT2D eigenvalue weighted by Gasteiger charge is 2.13. The van der Waals surface area contributed by atoms with Crippen LogP contribution in [0.2, 0.25) is 0 Å². The first kappa shape index (κ1) is 12.4. The van der Waals surface area contributed by atoms with Crippen LogP contribution in [0, 0.1) is 5.92 Å². The number of carbonyl (C=O) groups is 1. The topological polar surface area (TPSA) is 46.5 Å². The highest BCUT2D eigenvalue weighted by Crippen LogP contribution is 2.11. The second-order valence-electron chi connectivity index (χ2n) is 3.81. The SMILES string of the molecule is CC(C)OC(C)CCC(C)C(=O)O. The maximum Gasteiger partial charge on any atom is 0.306 e. The van der Waals surface area contributed by atoms with Gasteiger partial charge in [0.2, 0.25) is 0 Å². The second kappa shape index (κ2) is 5.97. The summed E-state index contributed by atoms with van der Waals surface area (Å²) in [5, 5.41) is 8.64. The van der Waals surface area contributed by atoms with Crippen LogP contribution in [-0.2, 0) is 9.53 Å². The predicted molar refractivity (Wildman–Crippen MR) is 51.7 cm³/mol. The van der Waals surface area contributed by atoms with Crippen molar-refractivity contribution in [2.75, 3.05) is 0 Å². The number of aliphatic carboxylic acids is 1. The van der Waals surface area contributed by atoms with Crippen LogP contribution in [0.1, 0.15) is 40.5 Å². The van der Waals surface area contributed by atoms with Gasteiger partial charge >= 0.3 is 5.97 Å². The van der Waals surface area contributed by atoms with Crippen LogP contribution in [0.3, 0.4) is 0 Å². The van der Waals surface area contributed by atoms with Gasteiger partial charge in [-0.25, -0.2) is 0 Å². The van der Waals surface area contributed by atoms with E-state index in [0.29, 0.717) is 6.42 Å². The van der Waals surface area contributed by atoms with E-state index in [-0.39, 0.29) is 18.1 Å². The Morgan fingerprint density at radius 2 is 1.77 bits per heavy atom. The Kier molecular flexibility index (Phi) is 5.71. The molecule has 0 amide bonds. The van der Waals surface area contributed by atoms with Crippen LogP contribution in [0.4, 0.5) is 0 Å². The van der Waals surface area contributed by atoms with E-state index in [4.69, 9.17) is 9.84 Å². The highest BCUT2D eigenvalue weighted by molar-refractivity contribution is 5.69. The number of ether oxygens (including phenoxy) is 1. The molecule has 0 aromatic heterocycles. The van der Waals surface area contributed by atoms with Crippen molar-refractivity contribution in [2.24, 2.45) is 5.92 Å². The van der Waals surface area contributed by atoms with Gasteiger partial charge in [-0.15, -0.1) is 0 Å². The molecule has 0 heterocycles. The molecule has 3 nitrogen and oxygen atoms in total. The molecule has 0 saturated carbocycles. The van der Waals surface area contributed by atoms with E-state index >= 15 is 0 Å². The Hall–Kier alpha value is -0.570. The minimum absolute atomic E-state index is 0.154. The molecule has 0 aliphatic carbocycles. The van der Waals surface area contributed by atoms with E-state index in [1.165, 1.54) is 0 Å². The lowest BCUT2D eigenvalue weighted by atomic mass is 10.0. The van der Waals surface area contributed by atoms with Gasteiger partial charge in [0.05, 0.1) is 18.1 Å². The van der Waals surface area contributed by atoms with Gasteiger partial charge in [-0.05, 0) is 33.6 Å². The van der Waals surface area contributed by atoms with Crippen molar-refractivity contribution in [3.8, 4) is 0 Å². The molecule has 2 atom stereocenters. The maximum atomic E-state index is 10.5. The van der Waals surface area contributed by atoms with E-state index < -0.39 is 5.97 Å². The molecule has 0 aliphatic heterocycles. The van der Waals surface area contributed by atoms with Gasteiger partial charge in [0, 0.05) is 0 Å². The Bertz CT molecular complexity index is 154. The summed E-state index contributed by atoms with van der Waals surface area (Å²) in [4.78, 5) is 10.5. The normalized spacial score (nSPS) is 15.8. The summed E-state index contributed by atoms with van der Waals surface area (Å²) < 4.78 is 5.49. The highest BCUT2D eigenvalue weighted by atomic mass is 16.5. The molecule has 13 heavy (non-hydrogen) atoms. The first-order chi connectivity index (χ1) is 5.93. The Morgan fingerprint density at radius 1 is 1.23 bits per heavy atom. The number of rotatable bonds is 6. The fourth-order valence-corrected chi connectivity index (χ4v) is 1.14. The molecule has 0 fully saturated rings. The maximum absolute atomic E-state index is 10.5. The monoisotopic (exact) mass is 188 g/mol. The van der Waals surface area contributed by atoms with Crippen LogP contribution >= 0.6 is 0 Å². The van der Waals surface area contributed by atoms with Gasteiger partial charge in [-0.3, -0.25) is 4.79 Å². The zero-order valence-corrected chi connectivity index (χ0v) is 8.91. The molecule has 0 spiro atoms. The smallest absolute Gasteiger partial charge is 0.306 e. The number of hydrogen-bond donors (Lipinski definition) is 1. The molecule has 3 heteroatoms. The molecular weight excluding hydrogens is 168 g/mol. The average molecular weight is 188 g/mol. The lowest BCUT2D eigenvalue weighted by molar-refractivity contribution is -0.141. The predicted octanol–water partition coefficient (Wildman–Crippen LogP) is 2.30. The molecule has 1 N–H and O–H groups in total. The van der Waals surface area contributed by atoms with Crippen molar-refractivity contribution >= 4 is 5.97 Å². The van der Waals surface area contributed by atoms with Gasteiger partial charge < -0.3 is 9.84 Å². The molecule has 0 aromatic carbocycles. The van der Waals surface area contributed by atoms with Crippen molar-refractivity contribution < 1.29 is 14.6 Å². The fraction of sp³-hybridized carbons (Fsp3) is 0.900. The van der Waals surface area contributed by atoms with Crippen LogP contribution in [0.25, 0.3) is 0 Å². The molecule has 78 valence electrons. The van der Waals surface area contributed by atoms with Gasteiger partial charge in [0.25, 0.3) is 0 Å². The summed E-state index contributed by atoms with van der Waals surface area (Å²) in [5.74, 6) is -0.991. The van der Waals surface area contributed by atoms with Crippen LogP contribution in [0.15, 0.2) is 0 Å². The van der Waals surface area contributed by atoms with Crippen molar-refractivity contribution in [2.45, 2.75) is 52.7 Å². The van der Waals surface area contributed by atoms with Crippen molar-refractivity contribution in [3.63, 3.8) is 0 Å². The summed E-state index contributed by atoms with van der Waals surface area (Å²) in [7, 11) is 0. The first-order valence-electron chi connectivity index (χ1n) is 4.81. The number of carboxylic acid groups (broad SMARTS) is 1. The van der Waals surface area contributed by atoms with Crippen molar-refractivity contribution in [3.05, 3.63) is 0 Å². The quantitative estimate of drug-likeness (QED) is 0.695. The van der Waals surface area contributed by atoms with Crippen LogP contribution in [-0.4, -0.2) is 23.3 Å². The van der Waals surface area contributed by atoms with E-state index in [1.807, 2.05) is 20.8 Å². The molecule has 0 rings (SSSR count). The van der Waals surface area contributed by atoms with Crippen molar-refractivity contribution in [1.82, 2.24) is 0 Å². The summed E-state index contributed by atoms with van der Waals surface area (Å²) in [6.45, 7) is 7.67. The Balaban J connectivity index is 3.57. The molecule has 2 unspecified atom stereocenters. The largest absolute Gasteiger partial charge is 0.481 e. The van der Waals surface area contributed by atoms with Crippen molar-refractivity contribution in [1.29, 1.82) is 0 Å². The summed E-state index contributed by atoms with van der Waals surface area (Å²) in [6.07, 6.45) is 1.87. The van der Waals surface area contributed by atoms with E-state index in [0.717, 1.165) is 6.42 Å². The second-order valence-corrected chi connectivity index (χ2v) is 3.81. The van der Waals surface area contributed by atoms with Crippen LogP contribution in [0.5, 0.6) is 0 Å². The Labute approximate surface area is 80.1 Å². The minimum atomic E-state index is -0.725. The van der Waals surface area contributed by atoms with E-state index in [9.17, 15) is 4.79 Å². The van der Waals surface area contributed by atoms with Gasteiger partial charge in [-0.2, -0.15) is 0 Å². The zero-order chi connectivity index (χ0) is 10.4. The molecule has 0 bridgehead atoms. The third-order valence-electron chi connectivity index (χ3n) is 1.93. The van der Waals surface area contributed by atoms with Gasteiger partial charge in [0.1, 0.15) is 0 Å². The standard InChI is InChI=1S/C10H20O3/c1-7(2)13-9(4)6-5-8(3)10(11)12/h7-9H,5-6H2,1-4H3,(H,11,12). The molecular formula is C10H20O3. The molecule has 0 radical (unpaired) electrons. The van der Waals surface area contributed by atoms with Crippen LogP contribution < -0.4 is 0 Å². The molecule has 0 aliphatic rings. The Morgan fingerprint density at radius 3 is 2.15 bits per heavy atom. The fourth-order valence-electron chi connectivity index (χ4n) is 1.14. The average Bonchev–Trinajstić information content (AvgIpc) is 1.98. The van der Waals surface area contributed by atoms with E-state index in [1.54, 1.807) is 6.92 Å². The number of carboxylic acids is 1. The summed E-state index contributed by atoms with van der Waals surface area (Å²) >= 11 is 0. The molecule has 0 aromatic rings. The third-order valence-corrected chi connectivity index (χ3v) is 1.93. The lowest BCUT2D eigenvalue weighted by Gasteiger charge is -2.16. The summed E-state index contributed by atoms with van der Waals surface area (Å²) in [6, 6.07) is 0. The van der Waals surface area contributed by atoms with Gasteiger partial charge in [-0.1, -0.05) is 6.92 Å². The summed E-state index contributed by atoms with van der Waals surface area (Å²) in [5.41, 5.74) is 0. The van der Waals surface area contributed by atoms with E-state index in [2.05, 4.69) is 0 Å². The third kappa shape index (κ3) is 6.58. The molecule has 0 saturated heterocycles.